The minimum atomic E-state index is -0.424. The number of aryl methyl sites for hydroxylation is 1. The van der Waals surface area contributed by atoms with Crippen LogP contribution in [0.15, 0.2) is 65.8 Å². The molecular formula is C23H20N4O2S. The van der Waals surface area contributed by atoms with Gasteiger partial charge in [0, 0.05) is 28.5 Å². The average molecular weight is 417 g/mol. The molecule has 0 spiro atoms. The summed E-state index contributed by atoms with van der Waals surface area (Å²) in [5.74, 6) is 0.389. The fourth-order valence-electron chi connectivity index (χ4n) is 3.36. The lowest BCUT2D eigenvalue weighted by Gasteiger charge is -2.16. The number of esters is 1. The van der Waals surface area contributed by atoms with Crippen molar-refractivity contribution in [3.05, 3.63) is 77.6 Å². The fraction of sp³-hybridized carbons (Fsp3) is 0.130. The molecule has 2 heterocycles. The van der Waals surface area contributed by atoms with Crippen molar-refractivity contribution >= 4 is 34.5 Å². The maximum absolute atomic E-state index is 12.9. The third-order valence-electron chi connectivity index (χ3n) is 4.61. The first-order valence-corrected chi connectivity index (χ1v) is 10.3. The van der Waals surface area contributed by atoms with Crippen molar-refractivity contribution in [2.75, 3.05) is 12.8 Å². The van der Waals surface area contributed by atoms with Crippen LogP contribution in [0.4, 0.5) is 5.82 Å². The van der Waals surface area contributed by atoms with E-state index in [1.165, 1.54) is 18.9 Å². The molecule has 0 saturated heterocycles. The van der Waals surface area contributed by atoms with E-state index in [4.69, 9.17) is 15.5 Å². The number of aromatic nitrogens is 3. The molecule has 4 aromatic rings. The van der Waals surface area contributed by atoms with Crippen LogP contribution in [0.3, 0.4) is 0 Å². The molecule has 2 aromatic carbocycles. The van der Waals surface area contributed by atoms with Gasteiger partial charge >= 0.3 is 5.97 Å². The highest BCUT2D eigenvalue weighted by Gasteiger charge is 2.23. The van der Waals surface area contributed by atoms with Crippen LogP contribution >= 0.6 is 11.8 Å². The highest BCUT2D eigenvalue weighted by atomic mass is 32.2. The van der Waals surface area contributed by atoms with Gasteiger partial charge in [-0.2, -0.15) is 0 Å². The van der Waals surface area contributed by atoms with Gasteiger partial charge in [0.05, 0.1) is 23.9 Å². The maximum atomic E-state index is 12.9. The van der Waals surface area contributed by atoms with Crippen molar-refractivity contribution in [2.45, 2.75) is 17.8 Å². The van der Waals surface area contributed by atoms with Gasteiger partial charge < -0.3 is 10.5 Å². The molecule has 0 aliphatic rings. The fourth-order valence-corrected chi connectivity index (χ4v) is 4.21. The van der Waals surface area contributed by atoms with Gasteiger partial charge in [0.25, 0.3) is 0 Å². The molecule has 0 atom stereocenters. The second-order valence-corrected chi connectivity index (χ2v) is 7.63. The molecule has 6 nitrogen and oxygen atoms in total. The maximum Gasteiger partial charge on any atom is 0.340 e. The molecule has 0 aliphatic heterocycles. The van der Waals surface area contributed by atoms with Gasteiger partial charge in [-0.1, -0.05) is 60.3 Å². The number of nitrogens with two attached hydrogens (primary N) is 1. The number of fused-ring (bicyclic) bond motifs is 1. The van der Waals surface area contributed by atoms with Crippen molar-refractivity contribution in [3.8, 4) is 11.1 Å². The van der Waals surface area contributed by atoms with Crippen LogP contribution in [0.25, 0.3) is 22.0 Å². The molecule has 2 aromatic heterocycles. The zero-order chi connectivity index (χ0) is 21.1. The Morgan fingerprint density at radius 1 is 1.03 bits per heavy atom. The van der Waals surface area contributed by atoms with Crippen LogP contribution < -0.4 is 5.73 Å². The molecule has 0 amide bonds. The van der Waals surface area contributed by atoms with Gasteiger partial charge in [-0.25, -0.2) is 14.8 Å². The Morgan fingerprint density at radius 2 is 1.77 bits per heavy atom. The molecule has 0 unspecified atom stereocenters. The summed E-state index contributed by atoms with van der Waals surface area (Å²) in [6.07, 6.45) is 0. The average Bonchev–Trinajstić information content (AvgIpc) is 2.76. The summed E-state index contributed by atoms with van der Waals surface area (Å²) in [7, 11) is 1.38. The van der Waals surface area contributed by atoms with Crippen LogP contribution in [-0.4, -0.2) is 28.0 Å². The van der Waals surface area contributed by atoms with E-state index >= 15 is 0 Å². The largest absolute Gasteiger partial charge is 0.465 e. The van der Waals surface area contributed by atoms with Crippen LogP contribution in [0.5, 0.6) is 0 Å². The minimum absolute atomic E-state index is 0.401. The summed E-state index contributed by atoms with van der Waals surface area (Å²) in [5, 5.41) is 1.44. The summed E-state index contributed by atoms with van der Waals surface area (Å²) in [5.41, 5.74) is 10.3. The summed E-state index contributed by atoms with van der Waals surface area (Å²) in [4.78, 5) is 26.3. The molecule has 0 radical (unpaired) electrons. The predicted octanol–water partition coefficient (Wildman–Crippen LogP) is 4.66. The van der Waals surface area contributed by atoms with Gasteiger partial charge in [-0.3, -0.25) is 4.98 Å². The number of ether oxygens (including phenoxy) is 1. The van der Waals surface area contributed by atoms with E-state index in [2.05, 4.69) is 9.97 Å². The first-order valence-electron chi connectivity index (χ1n) is 9.36. The molecule has 0 saturated carbocycles. The van der Waals surface area contributed by atoms with E-state index in [1.807, 2.05) is 61.5 Å². The molecule has 7 heteroatoms. The van der Waals surface area contributed by atoms with Crippen LogP contribution in [-0.2, 0) is 10.5 Å². The van der Waals surface area contributed by atoms with E-state index in [0.717, 1.165) is 27.7 Å². The zero-order valence-electron chi connectivity index (χ0n) is 16.6. The number of carbonyl (C=O) groups is 1. The first kappa shape index (κ1) is 19.8. The van der Waals surface area contributed by atoms with Crippen molar-refractivity contribution in [1.29, 1.82) is 0 Å². The number of thioether (sulfide) groups is 1. The van der Waals surface area contributed by atoms with Crippen molar-refractivity contribution in [3.63, 3.8) is 0 Å². The highest BCUT2D eigenvalue weighted by molar-refractivity contribution is 7.98. The number of nitrogens with zero attached hydrogens (tertiary/aromatic N) is 3. The molecule has 4 rings (SSSR count). The monoisotopic (exact) mass is 416 g/mol. The molecule has 0 bridgehead atoms. The zero-order valence-corrected chi connectivity index (χ0v) is 17.4. The smallest absolute Gasteiger partial charge is 0.340 e. The van der Waals surface area contributed by atoms with Crippen LogP contribution in [0.1, 0.15) is 21.7 Å². The van der Waals surface area contributed by atoms with Crippen LogP contribution in [0, 0.1) is 6.92 Å². The third kappa shape index (κ3) is 3.97. The van der Waals surface area contributed by atoms with Crippen molar-refractivity contribution in [2.24, 2.45) is 0 Å². The quantitative estimate of drug-likeness (QED) is 0.287. The Labute approximate surface area is 178 Å². The molecule has 0 aliphatic carbocycles. The highest BCUT2D eigenvalue weighted by Crippen LogP contribution is 2.35. The van der Waals surface area contributed by atoms with E-state index in [9.17, 15) is 4.79 Å². The summed E-state index contributed by atoms with van der Waals surface area (Å²) in [6, 6.07) is 19.3. The lowest BCUT2D eigenvalue weighted by Crippen LogP contribution is -2.10. The normalized spacial score (nSPS) is 10.9. The number of nitrogen functional groups attached to an aromatic ring is 1. The van der Waals surface area contributed by atoms with Crippen molar-refractivity contribution in [1.82, 2.24) is 15.0 Å². The lowest BCUT2D eigenvalue weighted by molar-refractivity contribution is 0.0600. The summed E-state index contributed by atoms with van der Waals surface area (Å²) < 4.78 is 5.14. The van der Waals surface area contributed by atoms with E-state index in [-0.39, 0.29) is 0 Å². The number of rotatable bonds is 5. The van der Waals surface area contributed by atoms with Gasteiger partial charge in [0.1, 0.15) is 5.82 Å². The van der Waals surface area contributed by atoms with Gasteiger partial charge in [-0.05, 0) is 18.6 Å². The lowest BCUT2D eigenvalue weighted by atomic mass is 9.94. The van der Waals surface area contributed by atoms with Gasteiger partial charge in [0.2, 0.25) is 0 Å². The van der Waals surface area contributed by atoms with Crippen molar-refractivity contribution < 1.29 is 9.53 Å². The number of hydrogen-bond donors (Lipinski definition) is 1. The Morgan fingerprint density at radius 3 is 2.50 bits per heavy atom. The first-order chi connectivity index (χ1) is 14.6. The Hall–Kier alpha value is -3.45. The minimum Gasteiger partial charge on any atom is -0.465 e. The predicted molar refractivity (Wildman–Crippen MR) is 119 cm³/mol. The standard InChI is InChI=1S/C23H20N4O2S/c1-14-12-19(24)27-23(25-14)30-13-18-21(22(28)29-2)20(15-8-4-3-5-9-15)16-10-6-7-11-17(16)26-18/h3-12H,13H2,1-2H3,(H2,24,25,27). The van der Waals surface area contributed by atoms with Gasteiger partial charge in [0.15, 0.2) is 5.16 Å². The second-order valence-electron chi connectivity index (χ2n) is 6.69. The van der Waals surface area contributed by atoms with E-state index in [1.54, 1.807) is 6.07 Å². The number of carbonyl (C=O) groups excluding carboxylic acids is 1. The molecule has 150 valence electrons. The number of para-hydroxylation sites is 1. The summed E-state index contributed by atoms with van der Waals surface area (Å²) >= 11 is 1.38. The Balaban J connectivity index is 1.89. The SMILES string of the molecule is COC(=O)c1c(CSc2nc(C)cc(N)n2)nc2ccccc2c1-c1ccccc1. The van der Waals surface area contributed by atoms with Crippen LogP contribution in [0.2, 0.25) is 0 Å². The number of anilines is 1. The third-order valence-corrected chi connectivity index (χ3v) is 5.47. The molecule has 0 fully saturated rings. The Kier molecular flexibility index (Phi) is 5.63. The molecule has 30 heavy (non-hydrogen) atoms. The van der Waals surface area contributed by atoms with Gasteiger partial charge in [-0.15, -0.1) is 0 Å². The number of pyridine rings is 1. The number of hydrogen-bond acceptors (Lipinski definition) is 7. The topological polar surface area (TPSA) is 91.0 Å². The molecule has 2 N–H and O–H groups in total. The molecular weight excluding hydrogens is 396 g/mol. The van der Waals surface area contributed by atoms with E-state index in [0.29, 0.717) is 28.0 Å². The second kappa shape index (κ2) is 8.51. The Bertz CT molecular complexity index is 1210. The number of benzene rings is 2. The van der Waals surface area contributed by atoms with E-state index < -0.39 is 5.97 Å². The number of methoxy groups -OCH3 is 1. The summed E-state index contributed by atoms with van der Waals surface area (Å²) in [6.45, 7) is 1.86.